The minimum absolute atomic E-state index is 0.0824. The number of nitrogens with one attached hydrogen (secondary N) is 1. The fourth-order valence-corrected chi connectivity index (χ4v) is 4.73. The lowest BCUT2D eigenvalue weighted by atomic mass is 10.1. The second-order valence-corrected chi connectivity index (χ2v) is 9.47. The zero-order chi connectivity index (χ0) is 21.6. The van der Waals surface area contributed by atoms with Crippen molar-refractivity contribution >= 4 is 15.9 Å². The highest BCUT2D eigenvalue weighted by Gasteiger charge is 2.24. The number of ether oxygens (including phenoxy) is 1. The molecule has 0 unspecified atom stereocenters. The van der Waals surface area contributed by atoms with Gasteiger partial charge in [0.05, 0.1) is 17.6 Å². The van der Waals surface area contributed by atoms with Crippen LogP contribution >= 0.6 is 0 Å². The molecule has 0 spiro atoms. The summed E-state index contributed by atoms with van der Waals surface area (Å²) in [6.07, 6.45) is 4.53. The Bertz CT molecular complexity index is 965. The Morgan fingerprint density at radius 3 is 2.43 bits per heavy atom. The zero-order valence-corrected chi connectivity index (χ0v) is 18.5. The number of amides is 1. The summed E-state index contributed by atoms with van der Waals surface area (Å²) in [7, 11) is -2.22. The van der Waals surface area contributed by atoms with E-state index >= 15 is 0 Å². The number of hydrogen-bond acceptors (Lipinski definition) is 4. The van der Waals surface area contributed by atoms with Crippen LogP contribution < -0.4 is 9.46 Å². The van der Waals surface area contributed by atoms with Gasteiger partial charge in [0.15, 0.2) is 0 Å². The molecule has 0 atom stereocenters. The SMILES string of the molecule is COc1ccc(S(=O)(=O)NCCCc2ccc(C)cc2)cc1C(=O)N1CCCCC1. The molecular formula is C23H30N2O4S. The maximum Gasteiger partial charge on any atom is 0.257 e. The molecule has 6 nitrogen and oxygen atoms in total. The van der Waals surface area contributed by atoms with Gasteiger partial charge in [0.1, 0.15) is 5.75 Å². The van der Waals surface area contributed by atoms with E-state index in [-0.39, 0.29) is 10.8 Å². The number of benzene rings is 2. The van der Waals surface area contributed by atoms with Crippen molar-refractivity contribution in [3.05, 3.63) is 59.2 Å². The van der Waals surface area contributed by atoms with Crippen LogP contribution in [0.4, 0.5) is 0 Å². The average molecular weight is 431 g/mol. The van der Waals surface area contributed by atoms with E-state index in [9.17, 15) is 13.2 Å². The van der Waals surface area contributed by atoms with Gasteiger partial charge in [-0.25, -0.2) is 13.1 Å². The van der Waals surface area contributed by atoms with E-state index in [1.807, 2.05) is 6.92 Å². The number of likely N-dealkylation sites (tertiary alicyclic amines) is 1. The number of hydrogen-bond donors (Lipinski definition) is 1. The second kappa shape index (κ2) is 10.1. The molecule has 0 aromatic heterocycles. The van der Waals surface area contributed by atoms with Gasteiger partial charge in [-0.1, -0.05) is 29.8 Å². The number of nitrogens with zero attached hydrogens (tertiary/aromatic N) is 1. The van der Waals surface area contributed by atoms with Crippen LogP contribution in [0.5, 0.6) is 5.75 Å². The van der Waals surface area contributed by atoms with E-state index in [2.05, 4.69) is 29.0 Å². The van der Waals surface area contributed by atoms with E-state index in [4.69, 9.17) is 4.74 Å². The zero-order valence-electron chi connectivity index (χ0n) is 17.7. The molecule has 30 heavy (non-hydrogen) atoms. The minimum Gasteiger partial charge on any atom is -0.496 e. The molecule has 2 aromatic carbocycles. The van der Waals surface area contributed by atoms with E-state index in [1.54, 1.807) is 11.0 Å². The van der Waals surface area contributed by atoms with Crippen molar-refractivity contribution in [3.8, 4) is 5.75 Å². The van der Waals surface area contributed by atoms with Crippen LogP contribution in [0.2, 0.25) is 0 Å². The molecule has 1 N–H and O–H groups in total. The summed E-state index contributed by atoms with van der Waals surface area (Å²) in [6.45, 7) is 3.75. The highest BCUT2D eigenvalue weighted by atomic mass is 32.2. The largest absolute Gasteiger partial charge is 0.496 e. The lowest BCUT2D eigenvalue weighted by molar-refractivity contribution is 0.0720. The Labute approximate surface area is 179 Å². The molecule has 0 aliphatic carbocycles. The molecule has 1 saturated heterocycles. The lowest BCUT2D eigenvalue weighted by Gasteiger charge is -2.27. The Hall–Kier alpha value is -2.38. The monoisotopic (exact) mass is 430 g/mol. The van der Waals surface area contributed by atoms with Gasteiger partial charge >= 0.3 is 0 Å². The smallest absolute Gasteiger partial charge is 0.257 e. The Balaban J connectivity index is 1.67. The van der Waals surface area contributed by atoms with Gasteiger partial charge in [-0.05, 0) is 62.8 Å². The topological polar surface area (TPSA) is 75.7 Å². The van der Waals surface area contributed by atoms with Gasteiger partial charge in [0.25, 0.3) is 5.91 Å². The van der Waals surface area contributed by atoms with Gasteiger partial charge in [-0.3, -0.25) is 4.79 Å². The first-order valence-corrected chi connectivity index (χ1v) is 11.9. The van der Waals surface area contributed by atoms with Crippen LogP contribution in [-0.4, -0.2) is 46.0 Å². The highest BCUT2D eigenvalue weighted by Crippen LogP contribution is 2.25. The molecule has 2 aromatic rings. The third kappa shape index (κ3) is 5.61. The number of carbonyl (C=O) groups is 1. The summed E-state index contributed by atoms with van der Waals surface area (Å²) in [5.41, 5.74) is 2.68. The summed E-state index contributed by atoms with van der Waals surface area (Å²) in [5.74, 6) is 0.215. The number of rotatable bonds is 8. The molecule has 1 aliphatic rings. The van der Waals surface area contributed by atoms with Crippen molar-refractivity contribution in [1.82, 2.24) is 9.62 Å². The van der Waals surface area contributed by atoms with Crippen molar-refractivity contribution in [2.24, 2.45) is 0 Å². The molecule has 3 rings (SSSR count). The first kappa shape index (κ1) is 22.3. The Kier molecular flexibility index (Phi) is 7.50. The van der Waals surface area contributed by atoms with Gasteiger partial charge in [-0.15, -0.1) is 0 Å². The van der Waals surface area contributed by atoms with Gasteiger partial charge < -0.3 is 9.64 Å². The third-order valence-electron chi connectivity index (χ3n) is 5.41. The van der Waals surface area contributed by atoms with Crippen LogP contribution in [0.3, 0.4) is 0 Å². The molecule has 7 heteroatoms. The summed E-state index contributed by atoms with van der Waals surface area (Å²) in [4.78, 5) is 14.8. The summed E-state index contributed by atoms with van der Waals surface area (Å²) in [5, 5.41) is 0. The van der Waals surface area contributed by atoms with Crippen molar-refractivity contribution in [2.75, 3.05) is 26.7 Å². The van der Waals surface area contributed by atoms with Crippen molar-refractivity contribution < 1.29 is 17.9 Å². The maximum absolute atomic E-state index is 12.9. The second-order valence-electron chi connectivity index (χ2n) is 7.70. The highest BCUT2D eigenvalue weighted by molar-refractivity contribution is 7.89. The molecule has 0 saturated carbocycles. The molecule has 1 heterocycles. The Morgan fingerprint density at radius 1 is 1.07 bits per heavy atom. The van der Waals surface area contributed by atoms with Crippen LogP contribution in [0.1, 0.15) is 47.2 Å². The van der Waals surface area contributed by atoms with Crippen molar-refractivity contribution in [2.45, 2.75) is 43.9 Å². The van der Waals surface area contributed by atoms with Gasteiger partial charge in [-0.2, -0.15) is 0 Å². The van der Waals surface area contributed by atoms with Gasteiger partial charge in [0.2, 0.25) is 10.0 Å². The number of aryl methyl sites for hydroxylation is 2. The summed E-state index contributed by atoms with van der Waals surface area (Å²) in [6, 6.07) is 12.7. The Morgan fingerprint density at radius 2 is 1.77 bits per heavy atom. The van der Waals surface area contributed by atoms with Crippen molar-refractivity contribution in [1.29, 1.82) is 0 Å². The molecule has 0 bridgehead atoms. The van der Waals surface area contributed by atoms with E-state index < -0.39 is 10.0 Å². The summed E-state index contributed by atoms with van der Waals surface area (Å²) >= 11 is 0. The van der Waals surface area contributed by atoms with E-state index in [0.29, 0.717) is 37.4 Å². The average Bonchev–Trinajstić information content (AvgIpc) is 2.77. The molecule has 1 aliphatic heterocycles. The van der Waals surface area contributed by atoms with Crippen LogP contribution in [0, 0.1) is 6.92 Å². The quantitative estimate of drug-likeness (QED) is 0.650. The number of methoxy groups -OCH3 is 1. The van der Waals surface area contributed by atoms with Crippen LogP contribution in [0.25, 0.3) is 0 Å². The van der Waals surface area contributed by atoms with Crippen LogP contribution in [-0.2, 0) is 16.4 Å². The number of sulfonamides is 1. The first-order valence-electron chi connectivity index (χ1n) is 10.4. The van der Waals surface area contributed by atoms with Crippen LogP contribution in [0.15, 0.2) is 47.4 Å². The number of piperidine rings is 1. The molecule has 1 amide bonds. The van der Waals surface area contributed by atoms with Gasteiger partial charge in [0, 0.05) is 19.6 Å². The summed E-state index contributed by atoms with van der Waals surface area (Å²) < 4.78 is 33.5. The molecule has 0 radical (unpaired) electrons. The van der Waals surface area contributed by atoms with Crippen molar-refractivity contribution in [3.63, 3.8) is 0 Å². The predicted octanol–water partition coefficient (Wildman–Crippen LogP) is 3.54. The molecule has 162 valence electrons. The predicted molar refractivity (Wildman–Crippen MR) is 117 cm³/mol. The number of carbonyl (C=O) groups excluding carboxylic acids is 1. The third-order valence-corrected chi connectivity index (χ3v) is 6.87. The standard InChI is InChI=1S/C23H30N2O4S/c1-18-8-10-19(11-9-18)7-6-14-24-30(27,28)20-12-13-22(29-2)21(17-20)23(26)25-15-4-3-5-16-25/h8-13,17,24H,3-7,14-16H2,1-2H3. The van der Waals surface area contributed by atoms with E-state index in [0.717, 1.165) is 25.7 Å². The maximum atomic E-state index is 12.9. The first-order chi connectivity index (χ1) is 14.4. The normalized spacial score (nSPS) is 14.5. The fraction of sp³-hybridized carbons (Fsp3) is 0.435. The fourth-order valence-electron chi connectivity index (χ4n) is 3.63. The lowest BCUT2D eigenvalue weighted by Crippen LogP contribution is -2.36. The minimum atomic E-state index is -3.71. The molecular weight excluding hydrogens is 400 g/mol. The molecule has 1 fully saturated rings. The van der Waals surface area contributed by atoms with E-state index in [1.165, 1.54) is 30.4 Å².